The first kappa shape index (κ1) is 16.2. The maximum absolute atomic E-state index is 6.86. The first-order chi connectivity index (χ1) is 8.62. The molecule has 0 bridgehead atoms. The topological polar surface area (TPSA) is 9.23 Å². The molecule has 18 heavy (non-hydrogen) atoms. The number of unbranched alkanes of at least 4 members (excludes halogenated alkanes) is 2. The summed E-state index contributed by atoms with van der Waals surface area (Å²) in [5, 5.41) is 1.79. The predicted octanol–water partition coefficient (Wildman–Crippen LogP) is 5.57. The molecule has 1 aliphatic rings. The van der Waals surface area contributed by atoms with E-state index in [0.717, 1.165) is 0 Å². The first-order valence-electron chi connectivity index (χ1n) is 8.04. The zero-order valence-electron chi connectivity index (χ0n) is 13.1. The van der Waals surface area contributed by atoms with Crippen molar-refractivity contribution in [2.24, 2.45) is 0 Å². The van der Waals surface area contributed by atoms with Gasteiger partial charge in [-0.1, -0.05) is 58.4 Å². The first-order valence-corrected chi connectivity index (χ1v) is 12.8. The Balaban J connectivity index is 2.89. The van der Waals surface area contributed by atoms with Crippen LogP contribution in [0.2, 0.25) is 24.2 Å². The lowest BCUT2D eigenvalue weighted by Gasteiger charge is -2.33. The molecule has 0 saturated heterocycles. The third-order valence-corrected chi connectivity index (χ3v) is 15.4. The second-order valence-corrected chi connectivity index (χ2v) is 14.4. The third-order valence-electron chi connectivity index (χ3n) is 4.81. The maximum atomic E-state index is 6.86. The standard InChI is InChI=1S/C15H32OSi2/c1-6-11-12-13-15-14-17(7-2,8-3)16-18(15,9-4)10-5/h14H,6-13H2,1-5H3. The van der Waals surface area contributed by atoms with Crippen LogP contribution in [0.15, 0.2) is 10.9 Å². The fourth-order valence-electron chi connectivity index (χ4n) is 3.25. The van der Waals surface area contributed by atoms with E-state index >= 15 is 0 Å². The summed E-state index contributed by atoms with van der Waals surface area (Å²) in [7, 11) is -3.00. The molecule has 0 fully saturated rings. The second kappa shape index (κ2) is 7.06. The van der Waals surface area contributed by atoms with Crippen molar-refractivity contribution in [2.45, 2.75) is 84.5 Å². The van der Waals surface area contributed by atoms with Crippen LogP contribution in [0.3, 0.4) is 0 Å². The zero-order valence-corrected chi connectivity index (χ0v) is 15.1. The molecular formula is C15H32OSi2. The van der Waals surface area contributed by atoms with E-state index in [1.54, 1.807) is 5.20 Å². The van der Waals surface area contributed by atoms with Gasteiger partial charge in [-0.3, -0.25) is 0 Å². The molecule has 106 valence electrons. The summed E-state index contributed by atoms with van der Waals surface area (Å²) >= 11 is 0. The van der Waals surface area contributed by atoms with Gasteiger partial charge in [0.1, 0.15) is 0 Å². The molecule has 3 heteroatoms. The molecule has 0 atom stereocenters. The molecule has 0 unspecified atom stereocenters. The minimum Gasteiger partial charge on any atom is -0.449 e. The highest BCUT2D eigenvalue weighted by atomic mass is 28.4. The van der Waals surface area contributed by atoms with E-state index in [9.17, 15) is 0 Å². The van der Waals surface area contributed by atoms with E-state index in [0.29, 0.717) is 0 Å². The van der Waals surface area contributed by atoms with Crippen molar-refractivity contribution >= 4 is 16.6 Å². The van der Waals surface area contributed by atoms with Crippen molar-refractivity contribution in [1.82, 2.24) is 0 Å². The highest BCUT2D eigenvalue weighted by Crippen LogP contribution is 2.42. The Morgan fingerprint density at radius 2 is 1.50 bits per heavy atom. The minimum absolute atomic E-state index is 1.27. The minimum atomic E-state index is -1.51. The summed E-state index contributed by atoms with van der Waals surface area (Å²) in [6.45, 7) is 11.7. The average molecular weight is 285 g/mol. The molecule has 0 amide bonds. The van der Waals surface area contributed by atoms with Crippen molar-refractivity contribution in [3.8, 4) is 0 Å². The van der Waals surface area contributed by atoms with Crippen LogP contribution in [0.25, 0.3) is 0 Å². The van der Waals surface area contributed by atoms with E-state index in [2.05, 4.69) is 40.3 Å². The van der Waals surface area contributed by atoms with Crippen LogP contribution in [0.4, 0.5) is 0 Å². The van der Waals surface area contributed by atoms with Gasteiger partial charge in [-0.05, 0) is 37.0 Å². The van der Waals surface area contributed by atoms with Crippen LogP contribution >= 0.6 is 0 Å². The van der Waals surface area contributed by atoms with Crippen LogP contribution in [0.1, 0.15) is 60.3 Å². The van der Waals surface area contributed by atoms with Crippen LogP contribution in [-0.2, 0) is 4.12 Å². The largest absolute Gasteiger partial charge is 0.449 e. The van der Waals surface area contributed by atoms with Crippen molar-refractivity contribution in [3.05, 3.63) is 10.9 Å². The maximum Gasteiger partial charge on any atom is 0.207 e. The van der Waals surface area contributed by atoms with Gasteiger partial charge in [-0.2, -0.15) is 0 Å². The van der Waals surface area contributed by atoms with E-state index in [1.165, 1.54) is 49.9 Å². The Morgan fingerprint density at radius 1 is 0.889 bits per heavy atom. The van der Waals surface area contributed by atoms with Crippen LogP contribution in [-0.4, -0.2) is 16.6 Å². The number of hydrogen-bond acceptors (Lipinski definition) is 1. The van der Waals surface area contributed by atoms with Crippen LogP contribution in [0.5, 0.6) is 0 Å². The fourth-order valence-corrected chi connectivity index (χ4v) is 15.0. The molecule has 1 heterocycles. The molecular weight excluding hydrogens is 252 g/mol. The molecule has 0 aromatic heterocycles. The molecule has 0 spiro atoms. The summed E-state index contributed by atoms with van der Waals surface area (Å²) < 4.78 is 6.86. The van der Waals surface area contributed by atoms with Gasteiger partial charge in [0.05, 0.1) is 0 Å². The molecule has 0 saturated carbocycles. The summed E-state index contributed by atoms with van der Waals surface area (Å²) in [4.78, 5) is 0. The Bertz CT molecular complexity index is 278. The lowest BCUT2D eigenvalue weighted by atomic mass is 10.2. The van der Waals surface area contributed by atoms with E-state index in [1.807, 2.05) is 0 Å². The molecule has 0 radical (unpaired) electrons. The van der Waals surface area contributed by atoms with Gasteiger partial charge in [-0.25, -0.2) is 0 Å². The highest BCUT2D eigenvalue weighted by Gasteiger charge is 2.48. The fraction of sp³-hybridized carbons (Fsp3) is 0.867. The van der Waals surface area contributed by atoms with Crippen molar-refractivity contribution < 1.29 is 4.12 Å². The van der Waals surface area contributed by atoms with Gasteiger partial charge >= 0.3 is 0 Å². The lowest BCUT2D eigenvalue weighted by Crippen LogP contribution is -2.44. The molecule has 0 aromatic carbocycles. The Labute approximate surface area is 116 Å². The highest BCUT2D eigenvalue weighted by molar-refractivity contribution is 6.97. The summed E-state index contributed by atoms with van der Waals surface area (Å²) in [6.07, 6.45) is 5.40. The van der Waals surface area contributed by atoms with E-state index < -0.39 is 16.6 Å². The summed E-state index contributed by atoms with van der Waals surface area (Å²) in [5.74, 6) is 0. The van der Waals surface area contributed by atoms with Gasteiger partial charge in [0.15, 0.2) is 0 Å². The van der Waals surface area contributed by atoms with Gasteiger partial charge in [0, 0.05) is 0 Å². The summed E-state index contributed by atoms with van der Waals surface area (Å²) in [6, 6.07) is 5.12. The van der Waals surface area contributed by atoms with Crippen molar-refractivity contribution in [1.29, 1.82) is 0 Å². The smallest absolute Gasteiger partial charge is 0.207 e. The second-order valence-electron chi connectivity index (χ2n) is 5.70. The van der Waals surface area contributed by atoms with Gasteiger partial charge in [0.25, 0.3) is 0 Å². The molecule has 1 aliphatic heterocycles. The average Bonchev–Trinajstić information content (AvgIpc) is 2.75. The quantitative estimate of drug-likeness (QED) is 0.418. The van der Waals surface area contributed by atoms with Gasteiger partial charge < -0.3 is 4.12 Å². The normalized spacial score (nSPS) is 21.1. The molecule has 1 nitrogen and oxygen atoms in total. The number of allylic oxidation sites excluding steroid dienone is 1. The van der Waals surface area contributed by atoms with Crippen LogP contribution in [0, 0.1) is 0 Å². The number of hydrogen-bond donors (Lipinski definition) is 0. The number of rotatable bonds is 8. The molecule has 1 rings (SSSR count). The Kier molecular flexibility index (Phi) is 6.35. The molecule has 0 aromatic rings. The monoisotopic (exact) mass is 284 g/mol. The Hall–Kier alpha value is 0.134. The van der Waals surface area contributed by atoms with Gasteiger partial charge in [-0.15, -0.1) is 0 Å². The predicted molar refractivity (Wildman–Crippen MR) is 86.7 cm³/mol. The Morgan fingerprint density at radius 3 is 1.94 bits per heavy atom. The van der Waals surface area contributed by atoms with Crippen LogP contribution < -0.4 is 0 Å². The van der Waals surface area contributed by atoms with Crippen molar-refractivity contribution in [2.75, 3.05) is 0 Å². The SMILES string of the molecule is CCCCCC1=C[Si](CC)(CC)O[Si]1(CC)CC. The lowest BCUT2D eigenvalue weighted by molar-refractivity contribution is 0.541. The third kappa shape index (κ3) is 3.17. The van der Waals surface area contributed by atoms with Gasteiger partial charge in [0.2, 0.25) is 16.6 Å². The zero-order chi connectivity index (χ0) is 13.6. The molecule has 0 aliphatic carbocycles. The van der Waals surface area contributed by atoms with Crippen molar-refractivity contribution in [3.63, 3.8) is 0 Å². The molecule has 0 N–H and O–H groups in total. The summed E-state index contributed by atoms with van der Waals surface area (Å²) in [5.41, 5.74) is 2.68. The van der Waals surface area contributed by atoms with E-state index in [-0.39, 0.29) is 0 Å². The van der Waals surface area contributed by atoms with E-state index in [4.69, 9.17) is 4.12 Å².